The lowest BCUT2D eigenvalue weighted by Crippen LogP contribution is -2.15. The Kier molecular flexibility index (Phi) is 4.75. The molecule has 3 aromatic rings. The van der Waals surface area contributed by atoms with E-state index >= 15 is 0 Å². The van der Waals surface area contributed by atoms with Crippen molar-refractivity contribution in [3.8, 4) is 0 Å². The van der Waals surface area contributed by atoms with Crippen LogP contribution in [0.15, 0.2) is 54.9 Å². The molecule has 126 valence electrons. The molecule has 0 aliphatic carbocycles. The number of carbonyl (C=O) groups is 1. The van der Waals surface area contributed by atoms with Crippen molar-refractivity contribution in [1.82, 2.24) is 9.97 Å². The molecule has 0 bridgehead atoms. The zero-order chi connectivity index (χ0) is 17.8. The standard InChI is InChI=1S/C20H20N4O/c1-13-8-6-10-17(15(13)3)24-20(25)18-11-22-19(12-21-18)23-16-9-5-4-7-14(16)2/h4-12H,1-3H3,(H,22,23)(H,24,25). The molecule has 25 heavy (non-hydrogen) atoms. The second kappa shape index (κ2) is 7.13. The summed E-state index contributed by atoms with van der Waals surface area (Å²) in [5.41, 5.74) is 5.30. The summed E-state index contributed by atoms with van der Waals surface area (Å²) in [5.74, 6) is 0.321. The van der Waals surface area contributed by atoms with Crippen molar-refractivity contribution in [1.29, 1.82) is 0 Å². The molecule has 2 aromatic carbocycles. The summed E-state index contributed by atoms with van der Waals surface area (Å²) < 4.78 is 0. The molecule has 0 aliphatic heterocycles. The lowest BCUT2D eigenvalue weighted by molar-refractivity contribution is 0.102. The van der Waals surface area contributed by atoms with E-state index in [2.05, 4.69) is 20.6 Å². The molecule has 0 saturated carbocycles. The summed E-state index contributed by atoms with van der Waals surface area (Å²) in [6, 6.07) is 13.7. The third kappa shape index (κ3) is 3.83. The van der Waals surface area contributed by atoms with Crippen LogP contribution in [0.5, 0.6) is 0 Å². The maximum absolute atomic E-state index is 12.4. The second-order valence-electron chi connectivity index (χ2n) is 5.93. The molecule has 0 aliphatic rings. The van der Waals surface area contributed by atoms with Crippen LogP contribution in [0.2, 0.25) is 0 Å². The lowest BCUT2D eigenvalue weighted by Gasteiger charge is -2.11. The molecule has 0 atom stereocenters. The monoisotopic (exact) mass is 332 g/mol. The summed E-state index contributed by atoms with van der Waals surface area (Å²) in [7, 11) is 0. The molecule has 0 unspecified atom stereocenters. The Bertz CT molecular complexity index is 904. The van der Waals surface area contributed by atoms with Crippen molar-refractivity contribution in [2.75, 3.05) is 10.6 Å². The first-order valence-corrected chi connectivity index (χ1v) is 8.07. The quantitative estimate of drug-likeness (QED) is 0.743. The van der Waals surface area contributed by atoms with Crippen LogP contribution in [-0.4, -0.2) is 15.9 Å². The van der Waals surface area contributed by atoms with Gasteiger partial charge in [-0.2, -0.15) is 0 Å². The van der Waals surface area contributed by atoms with Gasteiger partial charge >= 0.3 is 0 Å². The molecule has 0 radical (unpaired) electrons. The van der Waals surface area contributed by atoms with Gasteiger partial charge in [0.1, 0.15) is 11.5 Å². The highest BCUT2D eigenvalue weighted by atomic mass is 16.1. The summed E-state index contributed by atoms with van der Waals surface area (Å²) in [6.45, 7) is 6.00. The topological polar surface area (TPSA) is 66.9 Å². The molecule has 5 nitrogen and oxygen atoms in total. The summed E-state index contributed by atoms with van der Waals surface area (Å²) in [6.07, 6.45) is 3.03. The Morgan fingerprint density at radius 1 is 0.840 bits per heavy atom. The van der Waals surface area contributed by atoms with E-state index < -0.39 is 0 Å². The van der Waals surface area contributed by atoms with Gasteiger partial charge in [0.15, 0.2) is 0 Å². The number of aryl methyl sites for hydroxylation is 2. The molecule has 3 rings (SSSR count). The number of nitrogens with zero attached hydrogens (tertiary/aromatic N) is 2. The van der Waals surface area contributed by atoms with E-state index in [0.29, 0.717) is 5.82 Å². The number of benzene rings is 2. The van der Waals surface area contributed by atoms with Gasteiger partial charge in [-0.1, -0.05) is 30.3 Å². The predicted molar refractivity (Wildman–Crippen MR) is 100 cm³/mol. The molecule has 0 saturated heterocycles. The Hall–Kier alpha value is -3.21. The van der Waals surface area contributed by atoms with E-state index in [9.17, 15) is 4.79 Å². The van der Waals surface area contributed by atoms with Gasteiger partial charge in [0.05, 0.1) is 12.4 Å². The number of hydrogen-bond acceptors (Lipinski definition) is 4. The normalized spacial score (nSPS) is 10.4. The first-order chi connectivity index (χ1) is 12.0. The van der Waals surface area contributed by atoms with Crippen molar-refractivity contribution in [3.63, 3.8) is 0 Å². The van der Waals surface area contributed by atoms with Crippen molar-refractivity contribution >= 4 is 23.1 Å². The van der Waals surface area contributed by atoms with Gasteiger partial charge < -0.3 is 10.6 Å². The Morgan fingerprint density at radius 3 is 2.28 bits per heavy atom. The summed E-state index contributed by atoms with van der Waals surface area (Å²) in [5, 5.41) is 6.08. The van der Waals surface area contributed by atoms with E-state index in [1.54, 1.807) is 6.20 Å². The SMILES string of the molecule is Cc1ccccc1Nc1cnc(C(=O)Nc2cccc(C)c2C)cn1. The Labute approximate surface area is 147 Å². The third-order valence-electron chi connectivity index (χ3n) is 4.15. The minimum absolute atomic E-state index is 0.274. The zero-order valence-corrected chi connectivity index (χ0v) is 14.5. The van der Waals surface area contributed by atoms with Crippen LogP contribution in [0.25, 0.3) is 0 Å². The number of carbonyl (C=O) groups excluding carboxylic acids is 1. The van der Waals surface area contributed by atoms with Crippen LogP contribution in [0.3, 0.4) is 0 Å². The number of anilines is 3. The van der Waals surface area contributed by atoms with Gasteiger partial charge in [-0.05, 0) is 49.6 Å². The van der Waals surface area contributed by atoms with Gasteiger partial charge in [0, 0.05) is 11.4 Å². The molecule has 0 fully saturated rings. The largest absolute Gasteiger partial charge is 0.339 e. The average Bonchev–Trinajstić information content (AvgIpc) is 2.61. The highest BCUT2D eigenvalue weighted by molar-refractivity contribution is 6.03. The van der Waals surface area contributed by atoms with Crippen molar-refractivity contribution in [3.05, 3.63) is 77.2 Å². The Balaban J connectivity index is 1.72. The minimum Gasteiger partial charge on any atom is -0.339 e. The van der Waals surface area contributed by atoms with Crippen LogP contribution in [0.4, 0.5) is 17.2 Å². The zero-order valence-electron chi connectivity index (χ0n) is 14.5. The predicted octanol–water partition coefficient (Wildman–Crippen LogP) is 4.40. The van der Waals surface area contributed by atoms with Gasteiger partial charge in [-0.3, -0.25) is 4.79 Å². The van der Waals surface area contributed by atoms with Gasteiger partial charge in [0.2, 0.25) is 0 Å². The first kappa shape index (κ1) is 16.6. The highest BCUT2D eigenvalue weighted by Gasteiger charge is 2.11. The van der Waals surface area contributed by atoms with Crippen molar-refractivity contribution < 1.29 is 4.79 Å². The van der Waals surface area contributed by atoms with Crippen LogP contribution < -0.4 is 10.6 Å². The molecular weight excluding hydrogens is 312 g/mol. The summed E-state index contributed by atoms with van der Waals surface area (Å²) in [4.78, 5) is 20.9. The van der Waals surface area contributed by atoms with Crippen LogP contribution in [0.1, 0.15) is 27.2 Å². The first-order valence-electron chi connectivity index (χ1n) is 8.07. The smallest absolute Gasteiger partial charge is 0.275 e. The number of amides is 1. The molecule has 0 spiro atoms. The maximum Gasteiger partial charge on any atom is 0.275 e. The average molecular weight is 332 g/mol. The van der Waals surface area contributed by atoms with Crippen LogP contribution in [0, 0.1) is 20.8 Å². The van der Waals surface area contributed by atoms with Gasteiger partial charge in [-0.15, -0.1) is 0 Å². The third-order valence-corrected chi connectivity index (χ3v) is 4.15. The fourth-order valence-corrected chi connectivity index (χ4v) is 2.43. The molecular formula is C20H20N4O. The number of nitrogens with one attached hydrogen (secondary N) is 2. The molecule has 1 amide bonds. The molecule has 1 heterocycles. The van der Waals surface area contributed by atoms with E-state index in [0.717, 1.165) is 28.1 Å². The van der Waals surface area contributed by atoms with E-state index in [1.807, 2.05) is 63.2 Å². The lowest BCUT2D eigenvalue weighted by atomic mass is 10.1. The van der Waals surface area contributed by atoms with Crippen molar-refractivity contribution in [2.24, 2.45) is 0 Å². The van der Waals surface area contributed by atoms with Crippen LogP contribution >= 0.6 is 0 Å². The molecule has 1 aromatic heterocycles. The molecule has 2 N–H and O–H groups in total. The fraction of sp³-hybridized carbons (Fsp3) is 0.150. The minimum atomic E-state index is -0.274. The van der Waals surface area contributed by atoms with E-state index in [1.165, 1.54) is 6.20 Å². The summed E-state index contributed by atoms with van der Waals surface area (Å²) >= 11 is 0. The number of para-hydroxylation sites is 1. The van der Waals surface area contributed by atoms with Gasteiger partial charge in [0.25, 0.3) is 5.91 Å². The fourth-order valence-electron chi connectivity index (χ4n) is 2.43. The van der Waals surface area contributed by atoms with Crippen LogP contribution in [-0.2, 0) is 0 Å². The number of rotatable bonds is 4. The second-order valence-corrected chi connectivity index (χ2v) is 5.93. The van der Waals surface area contributed by atoms with E-state index in [4.69, 9.17) is 0 Å². The molecule has 5 heteroatoms. The van der Waals surface area contributed by atoms with Crippen molar-refractivity contribution in [2.45, 2.75) is 20.8 Å². The number of hydrogen-bond donors (Lipinski definition) is 2. The maximum atomic E-state index is 12.4. The van der Waals surface area contributed by atoms with Gasteiger partial charge in [-0.25, -0.2) is 9.97 Å². The Morgan fingerprint density at radius 2 is 1.56 bits per heavy atom. The highest BCUT2D eigenvalue weighted by Crippen LogP contribution is 2.20. The number of aromatic nitrogens is 2. The van der Waals surface area contributed by atoms with E-state index in [-0.39, 0.29) is 11.6 Å².